The number of pyridine rings is 1. The summed E-state index contributed by atoms with van der Waals surface area (Å²) in [5.41, 5.74) is 2.90. The smallest absolute Gasteiger partial charge is 0.274 e. The number of nitrogens with one attached hydrogen (secondary N) is 1. The van der Waals surface area contributed by atoms with Crippen LogP contribution in [-0.4, -0.2) is 20.6 Å². The summed E-state index contributed by atoms with van der Waals surface area (Å²) >= 11 is 0. The lowest BCUT2D eigenvalue weighted by molar-refractivity contribution is -0.116. The van der Waals surface area contributed by atoms with E-state index in [0.29, 0.717) is 16.9 Å². The Morgan fingerprint density at radius 3 is 2.52 bits per heavy atom. The molecule has 0 bridgehead atoms. The van der Waals surface area contributed by atoms with Gasteiger partial charge in [-0.1, -0.05) is 41.6 Å². The van der Waals surface area contributed by atoms with Crippen LogP contribution in [-0.2, 0) is 11.3 Å². The quantitative estimate of drug-likeness (QED) is 0.530. The first-order chi connectivity index (χ1) is 14.9. The van der Waals surface area contributed by atoms with E-state index < -0.39 is 5.82 Å². The van der Waals surface area contributed by atoms with Gasteiger partial charge in [0.15, 0.2) is 0 Å². The number of aromatic nitrogens is 3. The molecule has 2 aromatic heterocycles. The largest absolute Gasteiger partial charge is 0.332 e. The van der Waals surface area contributed by atoms with Crippen molar-refractivity contribution in [3.8, 4) is 23.0 Å². The number of nitrogens with zero attached hydrogens (tertiary/aromatic N) is 3. The molecule has 4 rings (SSSR count). The highest BCUT2D eigenvalue weighted by Gasteiger charge is 2.17. The lowest BCUT2D eigenvalue weighted by Crippen LogP contribution is -2.28. The maximum Gasteiger partial charge on any atom is 0.274 e. The molecule has 0 atom stereocenters. The second-order valence-electron chi connectivity index (χ2n) is 7.08. The van der Waals surface area contributed by atoms with Crippen LogP contribution in [0.5, 0.6) is 0 Å². The van der Waals surface area contributed by atoms with E-state index in [2.05, 4.69) is 15.5 Å². The maximum absolute atomic E-state index is 13.5. The molecule has 156 valence electrons. The second-order valence-corrected chi connectivity index (χ2v) is 7.08. The number of halogens is 1. The first-order valence-electron chi connectivity index (χ1n) is 9.58. The number of anilines is 1. The fourth-order valence-electron chi connectivity index (χ4n) is 3.28. The number of amides is 1. The molecule has 4 aromatic rings. The molecule has 0 spiro atoms. The van der Waals surface area contributed by atoms with Crippen LogP contribution in [0.2, 0.25) is 0 Å². The minimum Gasteiger partial charge on any atom is -0.332 e. The topological polar surface area (TPSA) is 90.0 Å². The molecule has 0 aliphatic rings. The molecular weight excluding hydrogens is 399 g/mol. The van der Waals surface area contributed by atoms with Gasteiger partial charge in [0.1, 0.15) is 18.1 Å². The van der Waals surface area contributed by atoms with E-state index in [0.717, 1.165) is 11.1 Å². The Bertz CT molecular complexity index is 1310. The molecule has 0 radical (unpaired) electrons. The molecule has 0 aliphatic heterocycles. The molecule has 0 unspecified atom stereocenters. The predicted molar refractivity (Wildman–Crippen MR) is 114 cm³/mol. The van der Waals surface area contributed by atoms with Crippen LogP contribution < -0.4 is 10.9 Å². The van der Waals surface area contributed by atoms with Gasteiger partial charge in [0, 0.05) is 17.3 Å². The van der Waals surface area contributed by atoms with Crippen molar-refractivity contribution in [1.82, 2.24) is 14.7 Å². The first-order valence-corrected chi connectivity index (χ1v) is 9.58. The Morgan fingerprint density at radius 1 is 1.06 bits per heavy atom. The molecule has 0 saturated heterocycles. The summed E-state index contributed by atoms with van der Waals surface area (Å²) in [7, 11) is 0. The highest BCUT2D eigenvalue weighted by Crippen LogP contribution is 2.23. The third kappa shape index (κ3) is 4.28. The van der Waals surface area contributed by atoms with Crippen molar-refractivity contribution in [2.24, 2.45) is 0 Å². The average Bonchev–Trinajstić information content (AvgIpc) is 3.22. The molecule has 0 fully saturated rings. The molecular formula is C23H19FN4O3. The molecule has 1 N–H and O–H groups in total. The second kappa shape index (κ2) is 8.35. The third-order valence-electron chi connectivity index (χ3n) is 4.82. The summed E-state index contributed by atoms with van der Waals surface area (Å²) in [6, 6.07) is 16.0. The Hall–Kier alpha value is -4.07. The van der Waals surface area contributed by atoms with E-state index in [1.54, 1.807) is 18.2 Å². The minimum absolute atomic E-state index is 0.0526. The Kier molecular flexibility index (Phi) is 5.44. The fourth-order valence-corrected chi connectivity index (χ4v) is 3.28. The van der Waals surface area contributed by atoms with Crippen molar-refractivity contribution >= 4 is 11.6 Å². The van der Waals surface area contributed by atoms with Crippen molar-refractivity contribution in [2.45, 2.75) is 20.4 Å². The van der Waals surface area contributed by atoms with Gasteiger partial charge in [-0.3, -0.25) is 14.2 Å². The van der Waals surface area contributed by atoms with E-state index >= 15 is 0 Å². The highest BCUT2D eigenvalue weighted by molar-refractivity contribution is 5.92. The van der Waals surface area contributed by atoms with Crippen molar-refractivity contribution < 1.29 is 13.7 Å². The van der Waals surface area contributed by atoms with Gasteiger partial charge in [-0.25, -0.2) is 4.39 Å². The SMILES string of the molecule is Cc1cccc(C)c1NC(=O)Cn1c(-c2nc(-c3cccc(F)c3)no2)cccc1=O. The molecule has 0 aliphatic carbocycles. The normalized spacial score (nSPS) is 10.8. The van der Waals surface area contributed by atoms with Crippen LogP contribution in [0.15, 0.2) is 70.0 Å². The zero-order valence-corrected chi connectivity index (χ0v) is 16.9. The van der Waals surface area contributed by atoms with Gasteiger partial charge in [0.25, 0.3) is 11.4 Å². The summed E-state index contributed by atoms with van der Waals surface area (Å²) in [5, 5.41) is 6.74. The highest BCUT2D eigenvalue weighted by atomic mass is 19.1. The molecule has 2 aromatic carbocycles. The number of benzene rings is 2. The molecule has 31 heavy (non-hydrogen) atoms. The first kappa shape index (κ1) is 20.2. The van der Waals surface area contributed by atoms with Crippen molar-refractivity contribution in [3.63, 3.8) is 0 Å². The van der Waals surface area contributed by atoms with Gasteiger partial charge in [-0.15, -0.1) is 0 Å². The average molecular weight is 418 g/mol. The number of carbonyl (C=O) groups is 1. The van der Waals surface area contributed by atoms with Crippen molar-refractivity contribution in [3.05, 3.63) is 88.0 Å². The molecule has 0 saturated carbocycles. The maximum atomic E-state index is 13.5. The third-order valence-corrected chi connectivity index (χ3v) is 4.82. The number of para-hydroxylation sites is 1. The monoisotopic (exact) mass is 418 g/mol. The Morgan fingerprint density at radius 2 is 1.77 bits per heavy atom. The molecule has 7 nitrogen and oxygen atoms in total. The fraction of sp³-hybridized carbons (Fsp3) is 0.130. The summed E-state index contributed by atoms with van der Waals surface area (Å²) in [6.45, 7) is 3.56. The van der Waals surface area contributed by atoms with Crippen molar-refractivity contribution in [2.75, 3.05) is 5.32 Å². The van der Waals surface area contributed by atoms with E-state index in [4.69, 9.17) is 4.52 Å². The van der Waals surface area contributed by atoms with Gasteiger partial charge in [0.05, 0.1) is 0 Å². The zero-order valence-electron chi connectivity index (χ0n) is 16.9. The van der Waals surface area contributed by atoms with Crippen LogP contribution in [0.25, 0.3) is 23.0 Å². The lowest BCUT2D eigenvalue weighted by atomic mass is 10.1. The van der Waals surface area contributed by atoms with Gasteiger partial charge >= 0.3 is 0 Å². The summed E-state index contributed by atoms with van der Waals surface area (Å²) in [4.78, 5) is 29.5. The minimum atomic E-state index is -0.427. The number of hydrogen-bond acceptors (Lipinski definition) is 5. The standard InChI is InChI=1S/C23H19FN4O3/c1-14-6-3-7-15(2)21(14)25-19(29)13-28-18(10-5-11-20(28)30)23-26-22(27-31-23)16-8-4-9-17(24)12-16/h3-12H,13H2,1-2H3,(H,25,29). The Balaban J connectivity index is 1.64. The number of rotatable bonds is 5. The number of carbonyl (C=O) groups excluding carboxylic acids is 1. The summed E-state index contributed by atoms with van der Waals surface area (Å²) in [6.07, 6.45) is 0. The number of aryl methyl sites for hydroxylation is 2. The van der Waals surface area contributed by atoms with E-state index in [1.165, 1.54) is 28.8 Å². The molecule has 8 heteroatoms. The molecule has 1 amide bonds. The predicted octanol–water partition coefficient (Wildman–Crippen LogP) is 3.96. The lowest BCUT2D eigenvalue weighted by Gasteiger charge is -2.13. The van der Waals surface area contributed by atoms with Gasteiger partial charge < -0.3 is 9.84 Å². The van der Waals surface area contributed by atoms with Gasteiger partial charge in [-0.05, 0) is 43.2 Å². The van der Waals surface area contributed by atoms with Gasteiger partial charge in [-0.2, -0.15) is 4.98 Å². The van der Waals surface area contributed by atoms with Crippen LogP contribution in [0.3, 0.4) is 0 Å². The molecule has 2 heterocycles. The van der Waals surface area contributed by atoms with E-state index in [1.807, 2.05) is 32.0 Å². The van der Waals surface area contributed by atoms with Crippen LogP contribution in [0.1, 0.15) is 11.1 Å². The zero-order chi connectivity index (χ0) is 22.0. The summed E-state index contributed by atoms with van der Waals surface area (Å²) < 4.78 is 20.1. The van der Waals surface area contributed by atoms with Crippen molar-refractivity contribution in [1.29, 1.82) is 0 Å². The van der Waals surface area contributed by atoms with Crippen LogP contribution in [0, 0.1) is 19.7 Å². The van der Waals surface area contributed by atoms with E-state index in [9.17, 15) is 14.0 Å². The Labute approximate surface area is 177 Å². The van der Waals surface area contributed by atoms with Crippen LogP contribution >= 0.6 is 0 Å². The van der Waals surface area contributed by atoms with Gasteiger partial charge in [0.2, 0.25) is 11.7 Å². The summed E-state index contributed by atoms with van der Waals surface area (Å²) in [5.74, 6) is -0.561. The number of hydrogen-bond donors (Lipinski definition) is 1. The van der Waals surface area contributed by atoms with Crippen LogP contribution in [0.4, 0.5) is 10.1 Å². The van der Waals surface area contributed by atoms with E-state index in [-0.39, 0.29) is 29.7 Å².